The minimum Gasteiger partial charge on any atom is -0.463 e. The van der Waals surface area contributed by atoms with Crippen molar-refractivity contribution >= 4 is 11.9 Å². The maximum atomic E-state index is 11.2. The summed E-state index contributed by atoms with van der Waals surface area (Å²) in [4.78, 5) is 22.0. The first-order valence-electron chi connectivity index (χ1n) is 5.54. The molecule has 1 amide bonds. The van der Waals surface area contributed by atoms with Crippen LogP contribution in [0.1, 0.15) is 36.6 Å². The summed E-state index contributed by atoms with van der Waals surface area (Å²) in [6.07, 6.45) is 0.220. The van der Waals surface area contributed by atoms with Crippen LogP contribution < -0.4 is 11.1 Å². The van der Waals surface area contributed by atoms with Gasteiger partial charge in [0.1, 0.15) is 5.76 Å². The molecule has 3 N–H and O–H groups in total. The van der Waals surface area contributed by atoms with Crippen molar-refractivity contribution in [3.8, 4) is 0 Å². The third-order valence-electron chi connectivity index (χ3n) is 2.41. The number of nitrogens with two attached hydrogens (primary N) is 1. The Bertz CT molecular complexity index is 437. The number of carbonyl (C=O) groups excluding carboxylic acids is 2. The quantitative estimate of drug-likeness (QED) is 0.732. The van der Waals surface area contributed by atoms with Crippen molar-refractivity contribution in [2.75, 3.05) is 7.11 Å². The van der Waals surface area contributed by atoms with Crippen molar-refractivity contribution in [3.63, 3.8) is 0 Å². The normalized spacial score (nSPS) is 11.3. The number of nitrogens with one attached hydrogen (secondary N) is 1. The zero-order valence-electron chi connectivity index (χ0n) is 10.8. The van der Waals surface area contributed by atoms with Crippen LogP contribution in [0.3, 0.4) is 0 Å². The lowest BCUT2D eigenvalue weighted by atomic mass is 10.0. The Labute approximate surface area is 105 Å². The molecule has 0 saturated heterocycles. The van der Waals surface area contributed by atoms with E-state index in [0.717, 1.165) is 0 Å². The average Bonchev–Trinajstić information content (AvgIpc) is 2.72. The first kappa shape index (κ1) is 14.2. The van der Waals surface area contributed by atoms with Gasteiger partial charge in [-0.25, -0.2) is 4.79 Å². The molecule has 0 saturated carbocycles. The van der Waals surface area contributed by atoms with Gasteiger partial charge in [-0.2, -0.15) is 0 Å². The van der Waals surface area contributed by atoms with E-state index in [-0.39, 0.29) is 18.1 Å². The van der Waals surface area contributed by atoms with Crippen LogP contribution >= 0.6 is 0 Å². The molecule has 0 fully saturated rings. The van der Waals surface area contributed by atoms with Crippen LogP contribution in [0.4, 0.5) is 0 Å². The number of amides is 1. The molecule has 100 valence electrons. The van der Waals surface area contributed by atoms with E-state index in [9.17, 15) is 9.59 Å². The first-order valence-corrected chi connectivity index (χ1v) is 5.54. The van der Waals surface area contributed by atoms with Crippen molar-refractivity contribution in [2.45, 2.75) is 32.4 Å². The molecule has 0 aliphatic heterocycles. The summed E-state index contributed by atoms with van der Waals surface area (Å²) in [5.74, 6) is -0.144. The molecule has 1 aromatic rings. The van der Waals surface area contributed by atoms with Gasteiger partial charge in [0.05, 0.1) is 13.7 Å². The predicted octanol–water partition coefficient (Wildman–Crippen LogP) is 0.810. The molecule has 0 bridgehead atoms. The van der Waals surface area contributed by atoms with E-state index in [2.05, 4.69) is 10.1 Å². The number of hydrogen-bond acceptors (Lipinski definition) is 5. The highest BCUT2D eigenvalue weighted by atomic mass is 16.5. The van der Waals surface area contributed by atoms with Gasteiger partial charge in [-0.1, -0.05) is 0 Å². The van der Waals surface area contributed by atoms with Gasteiger partial charge in [-0.05, 0) is 26.0 Å². The lowest BCUT2D eigenvalue weighted by Gasteiger charge is -2.24. The minimum absolute atomic E-state index is 0.155. The van der Waals surface area contributed by atoms with Gasteiger partial charge in [0.25, 0.3) is 0 Å². The van der Waals surface area contributed by atoms with Gasteiger partial charge in [-0.3, -0.25) is 4.79 Å². The van der Waals surface area contributed by atoms with Gasteiger partial charge < -0.3 is 20.2 Å². The molecular formula is C12H18N2O4. The van der Waals surface area contributed by atoms with E-state index >= 15 is 0 Å². The second-order valence-corrected chi connectivity index (χ2v) is 4.64. The molecule has 6 nitrogen and oxygen atoms in total. The van der Waals surface area contributed by atoms with E-state index in [0.29, 0.717) is 12.3 Å². The summed E-state index contributed by atoms with van der Waals surface area (Å²) in [6, 6.07) is 3.23. The molecule has 0 aromatic carbocycles. The number of esters is 1. The average molecular weight is 254 g/mol. The van der Waals surface area contributed by atoms with Crippen molar-refractivity contribution in [1.29, 1.82) is 0 Å². The molecule has 1 aromatic heterocycles. The van der Waals surface area contributed by atoms with Gasteiger partial charge in [-0.15, -0.1) is 0 Å². The molecule has 1 rings (SSSR count). The Kier molecular flexibility index (Phi) is 4.49. The summed E-state index contributed by atoms with van der Waals surface area (Å²) in [5, 5.41) is 3.13. The van der Waals surface area contributed by atoms with Crippen LogP contribution in [-0.2, 0) is 16.1 Å². The monoisotopic (exact) mass is 254 g/mol. The fraction of sp³-hybridized carbons (Fsp3) is 0.500. The lowest BCUT2D eigenvalue weighted by Crippen LogP contribution is -2.42. The Hall–Kier alpha value is -1.82. The van der Waals surface area contributed by atoms with Crippen LogP contribution in [0.25, 0.3) is 0 Å². The van der Waals surface area contributed by atoms with Crippen LogP contribution in [0.5, 0.6) is 0 Å². The molecule has 0 spiro atoms. The number of carbonyl (C=O) groups is 2. The molecule has 0 aliphatic rings. The maximum absolute atomic E-state index is 11.2. The number of hydrogen-bond donors (Lipinski definition) is 2. The highest BCUT2D eigenvalue weighted by Crippen LogP contribution is 2.12. The number of rotatable bonds is 6. The van der Waals surface area contributed by atoms with Crippen LogP contribution in [0, 0.1) is 0 Å². The van der Waals surface area contributed by atoms with E-state index in [1.165, 1.54) is 7.11 Å². The fourth-order valence-corrected chi connectivity index (χ4v) is 1.51. The van der Waals surface area contributed by atoms with Crippen LogP contribution in [-0.4, -0.2) is 24.5 Å². The zero-order valence-corrected chi connectivity index (χ0v) is 10.8. The van der Waals surface area contributed by atoms with E-state index in [1.807, 2.05) is 13.8 Å². The van der Waals surface area contributed by atoms with Crippen molar-refractivity contribution in [2.24, 2.45) is 5.73 Å². The number of primary amides is 1. The molecule has 0 atom stereocenters. The SMILES string of the molecule is COC(=O)c1ccc(CNC(C)(C)CC(N)=O)o1. The highest BCUT2D eigenvalue weighted by Gasteiger charge is 2.20. The highest BCUT2D eigenvalue weighted by molar-refractivity contribution is 5.86. The second-order valence-electron chi connectivity index (χ2n) is 4.64. The molecule has 0 radical (unpaired) electrons. The fourth-order valence-electron chi connectivity index (χ4n) is 1.51. The van der Waals surface area contributed by atoms with Crippen LogP contribution in [0.2, 0.25) is 0 Å². The Morgan fingerprint density at radius 2 is 2.11 bits per heavy atom. The van der Waals surface area contributed by atoms with Gasteiger partial charge in [0.15, 0.2) is 0 Å². The number of ether oxygens (including phenoxy) is 1. The zero-order chi connectivity index (χ0) is 13.8. The van der Waals surface area contributed by atoms with Gasteiger partial charge in [0, 0.05) is 12.0 Å². The number of furan rings is 1. The summed E-state index contributed by atoms with van der Waals surface area (Å²) in [7, 11) is 1.29. The third kappa shape index (κ3) is 4.21. The minimum atomic E-state index is -0.516. The van der Waals surface area contributed by atoms with Crippen molar-refractivity contribution < 1.29 is 18.7 Å². The Morgan fingerprint density at radius 1 is 1.44 bits per heavy atom. The molecular weight excluding hydrogens is 236 g/mol. The first-order chi connectivity index (χ1) is 8.34. The Balaban J connectivity index is 2.56. The summed E-state index contributed by atoms with van der Waals surface area (Å²) < 4.78 is 9.82. The molecule has 0 unspecified atom stereocenters. The van der Waals surface area contributed by atoms with E-state index < -0.39 is 11.5 Å². The standard InChI is InChI=1S/C12H18N2O4/c1-12(2,6-10(13)15)14-7-8-4-5-9(18-8)11(16)17-3/h4-5,14H,6-7H2,1-3H3,(H2,13,15). The molecule has 0 aliphatic carbocycles. The van der Waals surface area contributed by atoms with Crippen molar-refractivity contribution in [3.05, 3.63) is 23.7 Å². The van der Waals surface area contributed by atoms with Crippen molar-refractivity contribution in [1.82, 2.24) is 5.32 Å². The molecule has 1 heterocycles. The lowest BCUT2D eigenvalue weighted by molar-refractivity contribution is -0.119. The smallest absolute Gasteiger partial charge is 0.373 e. The van der Waals surface area contributed by atoms with Crippen LogP contribution in [0.15, 0.2) is 16.5 Å². The summed E-state index contributed by atoms with van der Waals surface area (Å²) in [6.45, 7) is 4.13. The van der Waals surface area contributed by atoms with E-state index in [4.69, 9.17) is 10.2 Å². The second kappa shape index (κ2) is 5.68. The van der Waals surface area contributed by atoms with E-state index in [1.54, 1.807) is 12.1 Å². The largest absolute Gasteiger partial charge is 0.463 e. The summed E-state index contributed by atoms with van der Waals surface area (Å²) in [5.41, 5.74) is 4.72. The predicted molar refractivity (Wildman–Crippen MR) is 64.8 cm³/mol. The van der Waals surface area contributed by atoms with Gasteiger partial charge >= 0.3 is 5.97 Å². The molecule has 18 heavy (non-hydrogen) atoms. The molecule has 6 heteroatoms. The maximum Gasteiger partial charge on any atom is 0.373 e. The topological polar surface area (TPSA) is 94.6 Å². The Morgan fingerprint density at radius 3 is 2.67 bits per heavy atom. The van der Waals surface area contributed by atoms with Gasteiger partial charge in [0.2, 0.25) is 11.7 Å². The third-order valence-corrected chi connectivity index (χ3v) is 2.41. The number of methoxy groups -OCH3 is 1. The summed E-state index contributed by atoms with van der Waals surface area (Å²) >= 11 is 0.